The SMILES string of the molecule is C=C(C)C(=O)OC(C)(C)COC(C)CC. The molecule has 0 aromatic heterocycles. The van der Waals surface area contributed by atoms with E-state index < -0.39 is 5.60 Å². The molecule has 0 radical (unpaired) electrons. The van der Waals surface area contributed by atoms with E-state index in [2.05, 4.69) is 13.5 Å². The molecule has 0 saturated heterocycles. The quantitative estimate of drug-likeness (QED) is 0.503. The Morgan fingerprint density at radius 2 is 2.00 bits per heavy atom. The van der Waals surface area contributed by atoms with Gasteiger partial charge in [-0.05, 0) is 34.1 Å². The number of hydrogen-bond acceptors (Lipinski definition) is 3. The van der Waals surface area contributed by atoms with Crippen LogP contribution in [-0.2, 0) is 14.3 Å². The zero-order valence-electron chi connectivity index (χ0n) is 10.4. The molecule has 0 amide bonds. The second-order valence-electron chi connectivity index (χ2n) is 4.46. The van der Waals surface area contributed by atoms with Crippen LogP contribution in [0.2, 0.25) is 0 Å². The predicted molar refractivity (Wildman–Crippen MR) is 60.7 cm³/mol. The third kappa shape index (κ3) is 6.28. The molecule has 0 heterocycles. The highest BCUT2D eigenvalue weighted by molar-refractivity contribution is 5.87. The lowest BCUT2D eigenvalue weighted by molar-refractivity contribution is -0.159. The van der Waals surface area contributed by atoms with Gasteiger partial charge >= 0.3 is 5.97 Å². The molecule has 0 rings (SSSR count). The lowest BCUT2D eigenvalue weighted by Crippen LogP contribution is -2.35. The number of carbonyl (C=O) groups excluding carboxylic acids is 1. The molecular formula is C12H22O3. The van der Waals surface area contributed by atoms with Gasteiger partial charge in [-0.1, -0.05) is 13.5 Å². The van der Waals surface area contributed by atoms with Crippen molar-refractivity contribution in [3.05, 3.63) is 12.2 Å². The van der Waals surface area contributed by atoms with Crippen molar-refractivity contribution in [2.24, 2.45) is 0 Å². The number of carbonyl (C=O) groups is 1. The molecule has 1 unspecified atom stereocenters. The van der Waals surface area contributed by atoms with Crippen molar-refractivity contribution in [2.45, 2.75) is 52.7 Å². The lowest BCUT2D eigenvalue weighted by atomic mass is 10.1. The van der Waals surface area contributed by atoms with Gasteiger partial charge in [0, 0.05) is 5.57 Å². The molecule has 1 atom stereocenters. The Hall–Kier alpha value is -0.830. The van der Waals surface area contributed by atoms with Crippen LogP contribution in [0.1, 0.15) is 41.0 Å². The Bertz CT molecular complexity index is 231. The Morgan fingerprint density at radius 3 is 2.40 bits per heavy atom. The van der Waals surface area contributed by atoms with Crippen molar-refractivity contribution in [1.29, 1.82) is 0 Å². The van der Waals surface area contributed by atoms with Gasteiger partial charge in [0.2, 0.25) is 0 Å². The minimum absolute atomic E-state index is 0.188. The van der Waals surface area contributed by atoms with E-state index in [-0.39, 0.29) is 12.1 Å². The van der Waals surface area contributed by atoms with Gasteiger partial charge in [0.1, 0.15) is 5.60 Å². The maximum atomic E-state index is 11.3. The van der Waals surface area contributed by atoms with Gasteiger partial charge in [0.25, 0.3) is 0 Å². The van der Waals surface area contributed by atoms with Crippen molar-refractivity contribution < 1.29 is 14.3 Å². The first-order chi connectivity index (χ1) is 6.78. The summed E-state index contributed by atoms with van der Waals surface area (Å²) in [6, 6.07) is 0. The van der Waals surface area contributed by atoms with E-state index in [1.807, 2.05) is 20.8 Å². The molecule has 0 fully saturated rings. The van der Waals surface area contributed by atoms with E-state index >= 15 is 0 Å². The molecule has 88 valence electrons. The van der Waals surface area contributed by atoms with Crippen LogP contribution in [0.5, 0.6) is 0 Å². The predicted octanol–water partition coefficient (Wildman–Crippen LogP) is 2.70. The fraction of sp³-hybridized carbons (Fsp3) is 0.750. The van der Waals surface area contributed by atoms with Gasteiger partial charge in [-0.25, -0.2) is 4.79 Å². The first-order valence-electron chi connectivity index (χ1n) is 5.29. The van der Waals surface area contributed by atoms with Crippen molar-refractivity contribution in [2.75, 3.05) is 6.61 Å². The molecule has 0 aromatic rings. The van der Waals surface area contributed by atoms with Crippen molar-refractivity contribution in [3.63, 3.8) is 0 Å². The third-order valence-electron chi connectivity index (χ3n) is 2.01. The molecule has 3 heteroatoms. The number of ether oxygens (including phenoxy) is 2. The van der Waals surface area contributed by atoms with Crippen LogP contribution in [0.15, 0.2) is 12.2 Å². The molecule has 15 heavy (non-hydrogen) atoms. The highest BCUT2D eigenvalue weighted by Crippen LogP contribution is 2.13. The topological polar surface area (TPSA) is 35.5 Å². The van der Waals surface area contributed by atoms with Gasteiger partial charge in [-0.3, -0.25) is 0 Å². The number of hydrogen-bond donors (Lipinski definition) is 0. The first-order valence-corrected chi connectivity index (χ1v) is 5.29. The number of rotatable bonds is 6. The fourth-order valence-electron chi connectivity index (χ4n) is 0.828. The highest BCUT2D eigenvalue weighted by atomic mass is 16.6. The first kappa shape index (κ1) is 14.2. The summed E-state index contributed by atoms with van der Waals surface area (Å²) in [4.78, 5) is 11.3. The van der Waals surface area contributed by atoms with Crippen molar-refractivity contribution in [3.8, 4) is 0 Å². The molecule has 0 aliphatic rings. The summed E-state index contributed by atoms with van der Waals surface area (Å²) < 4.78 is 10.8. The molecule has 0 aliphatic heterocycles. The standard InChI is InChI=1S/C12H22O3/c1-7-10(4)14-8-12(5,6)15-11(13)9(2)3/h10H,2,7-8H2,1,3-6H3. The third-order valence-corrected chi connectivity index (χ3v) is 2.01. The van der Waals surface area contributed by atoms with Crippen LogP contribution in [0.25, 0.3) is 0 Å². The second kappa shape index (κ2) is 5.91. The second-order valence-corrected chi connectivity index (χ2v) is 4.46. The summed E-state index contributed by atoms with van der Waals surface area (Å²) in [6.45, 7) is 13.3. The molecule has 3 nitrogen and oxygen atoms in total. The molecular weight excluding hydrogens is 192 g/mol. The van der Waals surface area contributed by atoms with Crippen LogP contribution in [-0.4, -0.2) is 24.3 Å². The van der Waals surface area contributed by atoms with Gasteiger partial charge < -0.3 is 9.47 Å². The summed E-state index contributed by atoms with van der Waals surface area (Å²) in [7, 11) is 0. The molecule has 0 bridgehead atoms. The van der Waals surface area contributed by atoms with Crippen molar-refractivity contribution >= 4 is 5.97 Å². The van der Waals surface area contributed by atoms with Crippen molar-refractivity contribution in [1.82, 2.24) is 0 Å². The van der Waals surface area contributed by atoms with E-state index in [1.165, 1.54) is 0 Å². The Morgan fingerprint density at radius 1 is 1.47 bits per heavy atom. The average molecular weight is 214 g/mol. The Balaban J connectivity index is 4.07. The van der Waals surface area contributed by atoms with Crippen LogP contribution in [0, 0.1) is 0 Å². The van der Waals surface area contributed by atoms with Crippen LogP contribution in [0.3, 0.4) is 0 Å². The van der Waals surface area contributed by atoms with Gasteiger partial charge in [-0.15, -0.1) is 0 Å². The minimum atomic E-state index is -0.598. The largest absolute Gasteiger partial charge is 0.454 e. The summed E-state index contributed by atoms with van der Waals surface area (Å²) >= 11 is 0. The molecule has 0 N–H and O–H groups in total. The zero-order valence-corrected chi connectivity index (χ0v) is 10.4. The van der Waals surface area contributed by atoms with Crippen LogP contribution >= 0.6 is 0 Å². The van der Waals surface area contributed by atoms with Crippen LogP contribution < -0.4 is 0 Å². The fourth-order valence-corrected chi connectivity index (χ4v) is 0.828. The smallest absolute Gasteiger partial charge is 0.333 e. The normalized spacial score (nSPS) is 13.4. The maximum Gasteiger partial charge on any atom is 0.333 e. The minimum Gasteiger partial charge on any atom is -0.454 e. The van der Waals surface area contributed by atoms with E-state index in [0.29, 0.717) is 12.2 Å². The Labute approximate surface area is 92.5 Å². The molecule has 0 saturated carbocycles. The van der Waals surface area contributed by atoms with E-state index in [4.69, 9.17) is 9.47 Å². The summed E-state index contributed by atoms with van der Waals surface area (Å²) in [5.41, 5.74) is -0.189. The van der Waals surface area contributed by atoms with Crippen LogP contribution in [0.4, 0.5) is 0 Å². The van der Waals surface area contributed by atoms with E-state index in [1.54, 1.807) is 6.92 Å². The summed E-state index contributed by atoms with van der Waals surface area (Å²) in [5.74, 6) is -0.368. The average Bonchev–Trinajstić information content (AvgIpc) is 2.13. The summed E-state index contributed by atoms with van der Waals surface area (Å²) in [6.07, 6.45) is 1.14. The van der Waals surface area contributed by atoms with Gasteiger partial charge in [0.15, 0.2) is 0 Å². The number of esters is 1. The monoisotopic (exact) mass is 214 g/mol. The molecule has 0 aromatic carbocycles. The zero-order chi connectivity index (χ0) is 12.1. The summed E-state index contributed by atoms with van der Waals surface area (Å²) in [5, 5.41) is 0. The highest BCUT2D eigenvalue weighted by Gasteiger charge is 2.24. The van der Waals surface area contributed by atoms with E-state index in [9.17, 15) is 4.79 Å². The van der Waals surface area contributed by atoms with E-state index in [0.717, 1.165) is 6.42 Å². The van der Waals surface area contributed by atoms with Gasteiger partial charge in [0.05, 0.1) is 12.7 Å². The van der Waals surface area contributed by atoms with Gasteiger partial charge in [-0.2, -0.15) is 0 Å². The maximum absolute atomic E-state index is 11.3. The molecule has 0 aliphatic carbocycles. The Kier molecular flexibility index (Phi) is 5.58. The molecule has 0 spiro atoms. The lowest BCUT2D eigenvalue weighted by Gasteiger charge is -2.26.